The summed E-state index contributed by atoms with van der Waals surface area (Å²) in [6, 6.07) is 14.8. The zero-order chi connectivity index (χ0) is 25.5. The molecule has 1 unspecified atom stereocenters. The topological polar surface area (TPSA) is 75.7 Å². The molecule has 1 aromatic heterocycles. The number of rotatable bonds is 8. The van der Waals surface area contributed by atoms with Crippen LogP contribution in [0.1, 0.15) is 58.9 Å². The van der Waals surface area contributed by atoms with Gasteiger partial charge in [0.05, 0.1) is 19.1 Å². The molecule has 0 radical (unpaired) electrons. The number of nitrogens with zero attached hydrogens (tertiary/aromatic N) is 1. The van der Waals surface area contributed by atoms with E-state index in [9.17, 15) is 18.8 Å². The van der Waals surface area contributed by atoms with Gasteiger partial charge in [0.15, 0.2) is 0 Å². The fourth-order valence-electron chi connectivity index (χ4n) is 4.55. The highest BCUT2D eigenvalue weighted by atomic mass is 32.1. The number of carbonyl (C=O) groups is 3. The Kier molecular flexibility index (Phi) is 8.48. The zero-order valence-electron chi connectivity index (χ0n) is 20.1. The largest absolute Gasteiger partial charge is 0.465 e. The molecule has 188 valence electrons. The van der Waals surface area contributed by atoms with Crippen molar-refractivity contribution in [2.45, 2.75) is 50.6 Å². The van der Waals surface area contributed by atoms with Crippen LogP contribution in [0.25, 0.3) is 0 Å². The number of hydrogen-bond acceptors (Lipinski definition) is 5. The first kappa shape index (κ1) is 25.6. The normalized spacial score (nSPS) is 14.6. The number of nitrogens with one attached hydrogen (secondary N) is 1. The van der Waals surface area contributed by atoms with Crippen LogP contribution >= 0.6 is 11.3 Å². The van der Waals surface area contributed by atoms with Gasteiger partial charge in [0.25, 0.3) is 0 Å². The number of benzene rings is 2. The number of ether oxygens (including phenoxy) is 1. The van der Waals surface area contributed by atoms with Crippen molar-refractivity contribution in [3.05, 3.63) is 87.9 Å². The zero-order valence-corrected chi connectivity index (χ0v) is 20.9. The summed E-state index contributed by atoms with van der Waals surface area (Å²) >= 11 is 1.46. The van der Waals surface area contributed by atoms with E-state index in [1.165, 1.54) is 47.6 Å². The van der Waals surface area contributed by atoms with Crippen LogP contribution in [0, 0.1) is 5.82 Å². The molecule has 3 aromatic rings. The summed E-state index contributed by atoms with van der Waals surface area (Å²) in [5.74, 6) is -1.52. The Morgan fingerprint density at radius 2 is 1.72 bits per heavy atom. The molecule has 6 nitrogen and oxygen atoms in total. The van der Waals surface area contributed by atoms with Gasteiger partial charge in [-0.15, -0.1) is 11.3 Å². The van der Waals surface area contributed by atoms with Crippen molar-refractivity contribution in [1.29, 1.82) is 0 Å². The van der Waals surface area contributed by atoms with E-state index < -0.39 is 17.8 Å². The van der Waals surface area contributed by atoms with Gasteiger partial charge < -0.3 is 10.1 Å². The van der Waals surface area contributed by atoms with E-state index in [1.807, 2.05) is 17.5 Å². The van der Waals surface area contributed by atoms with Crippen molar-refractivity contribution in [1.82, 2.24) is 5.32 Å². The molecule has 0 aliphatic heterocycles. The highest BCUT2D eigenvalue weighted by Gasteiger charge is 2.34. The van der Waals surface area contributed by atoms with Gasteiger partial charge in [-0.05, 0) is 66.2 Å². The van der Waals surface area contributed by atoms with Gasteiger partial charge in [-0.1, -0.05) is 37.5 Å². The fraction of sp³-hybridized carbons (Fsp3) is 0.321. The Balaban J connectivity index is 1.75. The average molecular weight is 509 g/mol. The van der Waals surface area contributed by atoms with Crippen LogP contribution in [0.2, 0.25) is 0 Å². The molecule has 0 saturated heterocycles. The van der Waals surface area contributed by atoms with Crippen molar-refractivity contribution in [3.8, 4) is 0 Å². The highest BCUT2D eigenvalue weighted by Crippen LogP contribution is 2.31. The summed E-state index contributed by atoms with van der Waals surface area (Å²) in [6.07, 6.45) is 5.11. The lowest BCUT2D eigenvalue weighted by Crippen LogP contribution is -2.47. The monoisotopic (exact) mass is 508 g/mol. The molecule has 36 heavy (non-hydrogen) atoms. The molecule has 1 heterocycles. The Morgan fingerprint density at radius 1 is 1.03 bits per heavy atom. The van der Waals surface area contributed by atoms with E-state index in [-0.39, 0.29) is 24.3 Å². The number of methoxy groups -OCH3 is 1. The number of amides is 2. The highest BCUT2D eigenvalue weighted by molar-refractivity contribution is 7.10. The molecule has 0 bridgehead atoms. The molecule has 2 aromatic carbocycles. The van der Waals surface area contributed by atoms with Crippen LogP contribution < -0.4 is 10.2 Å². The summed E-state index contributed by atoms with van der Waals surface area (Å²) in [5.41, 5.74) is 1.29. The average Bonchev–Trinajstić information content (AvgIpc) is 3.41. The van der Waals surface area contributed by atoms with Gasteiger partial charge in [0.2, 0.25) is 11.8 Å². The Hall–Kier alpha value is -3.52. The molecule has 1 fully saturated rings. The molecule has 1 atom stereocenters. The summed E-state index contributed by atoms with van der Waals surface area (Å²) in [5, 5.41) is 5.03. The smallest absolute Gasteiger partial charge is 0.337 e. The third-order valence-electron chi connectivity index (χ3n) is 6.38. The maximum atomic E-state index is 13.8. The number of thiophene rings is 1. The summed E-state index contributed by atoms with van der Waals surface area (Å²) in [4.78, 5) is 41.8. The number of carbonyl (C=O) groups excluding carboxylic acids is 3. The molecule has 1 aliphatic carbocycles. The number of halogens is 1. The third-order valence-corrected chi connectivity index (χ3v) is 7.26. The van der Waals surface area contributed by atoms with Crippen molar-refractivity contribution < 1.29 is 23.5 Å². The number of esters is 1. The minimum absolute atomic E-state index is 0.0325. The second kappa shape index (κ2) is 11.9. The van der Waals surface area contributed by atoms with E-state index in [4.69, 9.17) is 4.74 Å². The molecule has 1 saturated carbocycles. The SMILES string of the molecule is COC(=O)c1ccc(N(C(=O)Cc2cccs2)C(C(=O)NC2CCCCC2)c2ccc(F)cc2)cc1. The molecule has 4 rings (SSSR count). The van der Waals surface area contributed by atoms with Gasteiger partial charge in [-0.3, -0.25) is 14.5 Å². The lowest BCUT2D eigenvalue weighted by atomic mass is 9.94. The van der Waals surface area contributed by atoms with Crippen LogP contribution in [-0.2, 0) is 20.7 Å². The first-order chi connectivity index (χ1) is 17.5. The Bertz CT molecular complexity index is 1170. The minimum Gasteiger partial charge on any atom is -0.465 e. The second-order valence-electron chi connectivity index (χ2n) is 8.86. The number of anilines is 1. The van der Waals surface area contributed by atoms with Crippen LogP contribution in [-0.4, -0.2) is 30.9 Å². The van der Waals surface area contributed by atoms with E-state index in [1.54, 1.807) is 24.3 Å². The van der Waals surface area contributed by atoms with Gasteiger partial charge >= 0.3 is 5.97 Å². The van der Waals surface area contributed by atoms with Crippen molar-refractivity contribution in [3.63, 3.8) is 0 Å². The molecule has 0 spiro atoms. The molecule has 1 aliphatic rings. The van der Waals surface area contributed by atoms with Gasteiger partial charge in [0, 0.05) is 16.6 Å². The van der Waals surface area contributed by atoms with E-state index in [2.05, 4.69) is 5.32 Å². The predicted octanol–water partition coefficient (Wildman–Crippen LogP) is 5.44. The maximum Gasteiger partial charge on any atom is 0.337 e. The summed E-state index contributed by atoms with van der Waals surface area (Å²) < 4.78 is 18.6. The maximum absolute atomic E-state index is 13.8. The Labute approximate surface area is 214 Å². The Morgan fingerprint density at radius 3 is 2.33 bits per heavy atom. The van der Waals surface area contributed by atoms with Crippen LogP contribution in [0.15, 0.2) is 66.0 Å². The lowest BCUT2D eigenvalue weighted by molar-refractivity contribution is -0.127. The third kappa shape index (κ3) is 6.18. The molecule has 2 amide bonds. The quantitative estimate of drug-likeness (QED) is 0.411. The van der Waals surface area contributed by atoms with Crippen LogP contribution in [0.4, 0.5) is 10.1 Å². The van der Waals surface area contributed by atoms with Crippen molar-refractivity contribution in [2.75, 3.05) is 12.0 Å². The molecule has 1 N–H and O–H groups in total. The van der Waals surface area contributed by atoms with Crippen LogP contribution in [0.3, 0.4) is 0 Å². The predicted molar refractivity (Wildman–Crippen MR) is 137 cm³/mol. The molecular formula is C28H29FN2O4S. The van der Waals surface area contributed by atoms with Gasteiger partial charge in [0.1, 0.15) is 11.9 Å². The van der Waals surface area contributed by atoms with Crippen molar-refractivity contribution >= 4 is 34.8 Å². The fourth-order valence-corrected chi connectivity index (χ4v) is 5.25. The van der Waals surface area contributed by atoms with Crippen LogP contribution in [0.5, 0.6) is 0 Å². The van der Waals surface area contributed by atoms with E-state index in [0.29, 0.717) is 16.8 Å². The van der Waals surface area contributed by atoms with E-state index >= 15 is 0 Å². The van der Waals surface area contributed by atoms with Crippen molar-refractivity contribution in [2.24, 2.45) is 0 Å². The standard InChI is InChI=1S/C28H29FN2O4S/c1-35-28(34)20-11-15-23(16-12-20)31(25(32)18-24-8-5-17-36-24)26(19-9-13-21(29)14-10-19)27(33)30-22-6-3-2-4-7-22/h5,8-17,22,26H,2-4,6-7,18H2,1H3,(H,30,33). The minimum atomic E-state index is -1.01. The summed E-state index contributed by atoms with van der Waals surface area (Å²) in [6.45, 7) is 0. The van der Waals surface area contributed by atoms with Gasteiger partial charge in [-0.2, -0.15) is 0 Å². The second-order valence-corrected chi connectivity index (χ2v) is 9.89. The van der Waals surface area contributed by atoms with E-state index in [0.717, 1.165) is 37.0 Å². The first-order valence-corrected chi connectivity index (χ1v) is 12.9. The lowest BCUT2D eigenvalue weighted by Gasteiger charge is -2.33. The number of hydrogen-bond donors (Lipinski definition) is 1. The molecular weight excluding hydrogens is 479 g/mol. The molecule has 8 heteroatoms. The van der Waals surface area contributed by atoms with Gasteiger partial charge in [-0.25, -0.2) is 9.18 Å². The summed E-state index contributed by atoms with van der Waals surface area (Å²) in [7, 11) is 1.30. The first-order valence-electron chi connectivity index (χ1n) is 12.0.